The first-order chi connectivity index (χ1) is 19.2. The molecule has 0 saturated carbocycles. The fourth-order valence-electron chi connectivity index (χ4n) is 4.53. The van der Waals surface area contributed by atoms with E-state index in [0.717, 1.165) is 22.4 Å². The molecular weight excluding hydrogens is 506 g/mol. The van der Waals surface area contributed by atoms with Gasteiger partial charge in [-0.15, -0.1) is 0 Å². The summed E-state index contributed by atoms with van der Waals surface area (Å²) in [7, 11) is 3.14. The van der Waals surface area contributed by atoms with Crippen molar-refractivity contribution in [1.82, 2.24) is 9.66 Å². The van der Waals surface area contributed by atoms with Gasteiger partial charge in [-0.25, -0.2) is 4.98 Å². The van der Waals surface area contributed by atoms with Crippen LogP contribution in [0.2, 0.25) is 0 Å². The molecule has 1 aromatic heterocycles. The number of ether oxygens (including phenoxy) is 4. The Kier molecular flexibility index (Phi) is 8.77. The molecule has 0 saturated heterocycles. The number of aryl methyl sites for hydroxylation is 1. The average Bonchev–Trinajstić information content (AvgIpc) is 2.92. The first-order valence-corrected chi connectivity index (χ1v) is 13.4. The quantitative estimate of drug-likeness (QED) is 0.210. The van der Waals surface area contributed by atoms with Crippen LogP contribution < -0.4 is 24.5 Å². The van der Waals surface area contributed by atoms with Gasteiger partial charge in [-0.1, -0.05) is 26.0 Å². The van der Waals surface area contributed by atoms with E-state index in [-0.39, 0.29) is 17.6 Å². The van der Waals surface area contributed by atoms with Gasteiger partial charge in [-0.05, 0) is 81.1 Å². The predicted octanol–water partition coefficient (Wildman–Crippen LogP) is 6.58. The van der Waals surface area contributed by atoms with Gasteiger partial charge in [0.15, 0.2) is 17.3 Å². The Morgan fingerprint density at radius 1 is 0.975 bits per heavy atom. The third kappa shape index (κ3) is 5.81. The maximum absolute atomic E-state index is 13.8. The van der Waals surface area contributed by atoms with Crippen LogP contribution >= 0.6 is 0 Å². The number of hydrogen-bond donors (Lipinski definition) is 0. The molecule has 3 aromatic carbocycles. The van der Waals surface area contributed by atoms with E-state index in [4.69, 9.17) is 23.9 Å². The number of methoxy groups -OCH3 is 2. The lowest BCUT2D eigenvalue weighted by Gasteiger charge is -2.18. The Labute approximate surface area is 235 Å². The molecule has 210 valence electrons. The van der Waals surface area contributed by atoms with E-state index in [2.05, 4.69) is 25.0 Å². The Bertz CT molecular complexity index is 1580. The minimum Gasteiger partial charge on any atom is -0.494 e. The topological polar surface area (TPSA) is 84.2 Å². The second-order valence-electron chi connectivity index (χ2n) is 10.0. The monoisotopic (exact) mass is 543 g/mol. The molecule has 0 aliphatic heterocycles. The summed E-state index contributed by atoms with van der Waals surface area (Å²) >= 11 is 0. The first kappa shape index (κ1) is 28.7. The van der Waals surface area contributed by atoms with Crippen molar-refractivity contribution in [3.8, 4) is 34.4 Å². The lowest BCUT2D eigenvalue weighted by atomic mass is 9.96. The zero-order valence-electron chi connectivity index (χ0n) is 24.4. The van der Waals surface area contributed by atoms with Crippen LogP contribution in [0.25, 0.3) is 22.3 Å². The van der Waals surface area contributed by atoms with Crippen LogP contribution in [0, 0.1) is 6.92 Å². The van der Waals surface area contributed by atoms with E-state index in [0.29, 0.717) is 46.1 Å². The minimum atomic E-state index is -0.269. The maximum atomic E-state index is 13.8. The van der Waals surface area contributed by atoms with Crippen molar-refractivity contribution in [2.45, 2.75) is 53.6 Å². The lowest BCUT2D eigenvalue weighted by molar-refractivity contribution is 0.218. The fourth-order valence-corrected chi connectivity index (χ4v) is 4.53. The molecule has 0 atom stereocenters. The van der Waals surface area contributed by atoms with Crippen molar-refractivity contribution >= 4 is 17.1 Å². The molecular formula is C32H37N3O5. The summed E-state index contributed by atoms with van der Waals surface area (Å²) in [5.74, 6) is 3.00. The number of rotatable bonds is 10. The average molecular weight is 544 g/mol. The van der Waals surface area contributed by atoms with E-state index in [1.54, 1.807) is 38.6 Å². The molecule has 0 spiro atoms. The van der Waals surface area contributed by atoms with Gasteiger partial charge in [0, 0.05) is 11.1 Å². The molecule has 0 aliphatic carbocycles. The van der Waals surface area contributed by atoms with Gasteiger partial charge in [0.25, 0.3) is 5.56 Å². The smallest absolute Gasteiger partial charge is 0.282 e. The highest BCUT2D eigenvalue weighted by atomic mass is 16.5. The lowest BCUT2D eigenvalue weighted by Crippen LogP contribution is -2.21. The summed E-state index contributed by atoms with van der Waals surface area (Å²) in [6, 6.07) is 14.9. The van der Waals surface area contributed by atoms with E-state index < -0.39 is 0 Å². The number of aromatic nitrogens is 2. The van der Waals surface area contributed by atoms with Gasteiger partial charge in [0.2, 0.25) is 5.75 Å². The molecule has 0 unspecified atom stereocenters. The van der Waals surface area contributed by atoms with Crippen molar-refractivity contribution in [3.63, 3.8) is 0 Å². The molecule has 8 heteroatoms. The SMILES string of the molecule is CCOc1cc(C)c(-c2nc3ccccc3c(=O)n2N=Cc2cc(OC)c(OC(C)C)c(OC)c2)cc1C(C)C. The molecule has 4 aromatic rings. The van der Waals surface area contributed by atoms with Crippen LogP contribution in [-0.2, 0) is 0 Å². The summed E-state index contributed by atoms with van der Waals surface area (Å²) in [5.41, 5.74) is 3.78. The van der Waals surface area contributed by atoms with Gasteiger partial charge < -0.3 is 18.9 Å². The normalized spacial score (nSPS) is 11.6. The minimum absolute atomic E-state index is 0.0692. The van der Waals surface area contributed by atoms with Crippen molar-refractivity contribution in [2.24, 2.45) is 5.10 Å². The van der Waals surface area contributed by atoms with Crippen molar-refractivity contribution < 1.29 is 18.9 Å². The summed E-state index contributed by atoms with van der Waals surface area (Å²) < 4.78 is 24.4. The number of benzene rings is 3. The molecule has 1 heterocycles. The largest absolute Gasteiger partial charge is 0.494 e. The highest BCUT2D eigenvalue weighted by molar-refractivity contribution is 5.84. The van der Waals surface area contributed by atoms with E-state index in [1.165, 1.54) is 4.68 Å². The molecule has 0 fully saturated rings. The molecule has 0 radical (unpaired) electrons. The van der Waals surface area contributed by atoms with E-state index in [9.17, 15) is 4.79 Å². The Morgan fingerprint density at radius 3 is 2.25 bits per heavy atom. The molecule has 8 nitrogen and oxygen atoms in total. The molecule has 0 amide bonds. The zero-order valence-corrected chi connectivity index (χ0v) is 24.4. The summed E-state index contributed by atoms with van der Waals surface area (Å²) in [6.07, 6.45) is 1.53. The Morgan fingerprint density at radius 2 is 1.65 bits per heavy atom. The third-order valence-corrected chi connectivity index (χ3v) is 6.43. The van der Waals surface area contributed by atoms with Gasteiger partial charge in [-0.3, -0.25) is 4.79 Å². The van der Waals surface area contributed by atoms with E-state index >= 15 is 0 Å². The molecule has 0 aliphatic rings. The number of nitrogens with zero attached hydrogens (tertiary/aromatic N) is 3. The maximum Gasteiger partial charge on any atom is 0.282 e. The van der Waals surface area contributed by atoms with Crippen molar-refractivity contribution in [1.29, 1.82) is 0 Å². The highest BCUT2D eigenvalue weighted by Gasteiger charge is 2.19. The second-order valence-corrected chi connectivity index (χ2v) is 10.0. The molecule has 40 heavy (non-hydrogen) atoms. The van der Waals surface area contributed by atoms with Crippen LogP contribution in [0.1, 0.15) is 57.2 Å². The fraction of sp³-hybridized carbons (Fsp3) is 0.344. The van der Waals surface area contributed by atoms with Crippen molar-refractivity contribution in [2.75, 3.05) is 20.8 Å². The molecule has 0 bridgehead atoms. The standard InChI is InChI=1S/C32H37N3O5/c1-9-39-27-14-21(6)25(17-24(27)19(2)3)31-34-26-13-11-10-12-23(26)32(36)35(31)33-18-22-15-28(37-7)30(40-20(4)5)29(16-22)38-8/h10-20H,9H2,1-8H3. The first-order valence-electron chi connectivity index (χ1n) is 13.4. The molecule has 4 rings (SSSR count). The predicted molar refractivity (Wildman–Crippen MR) is 160 cm³/mol. The van der Waals surface area contributed by atoms with Crippen molar-refractivity contribution in [3.05, 3.63) is 75.6 Å². The summed E-state index contributed by atoms with van der Waals surface area (Å²) in [6.45, 7) is 12.6. The van der Waals surface area contributed by atoms with Gasteiger partial charge in [-0.2, -0.15) is 9.78 Å². The Balaban J connectivity index is 1.94. The molecule has 0 N–H and O–H groups in total. The second kappa shape index (κ2) is 12.2. The van der Waals surface area contributed by atoms with Crippen LogP contribution in [0.5, 0.6) is 23.0 Å². The van der Waals surface area contributed by atoms with Crippen LogP contribution in [0.4, 0.5) is 0 Å². The summed E-state index contributed by atoms with van der Waals surface area (Å²) in [4.78, 5) is 18.7. The van der Waals surface area contributed by atoms with Gasteiger partial charge in [0.1, 0.15) is 5.75 Å². The zero-order chi connectivity index (χ0) is 29.0. The number of hydrogen-bond acceptors (Lipinski definition) is 7. The highest BCUT2D eigenvalue weighted by Crippen LogP contribution is 2.39. The summed E-state index contributed by atoms with van der Waals surface area (Å²) in [5, 5.41) is 5.13. The van der Waals surface area contributed by atoms with Crippen LogP contribution in [0.3, 0.4) is 0 Å². The number of para-hydroxylation sites is 1. The third-order valence-electron chi connectivity index (χ3n) is 6.43. The van der Waals surface area contributed by atoms with Gasteiger partial charge >= 0.3 is 0 Å². The van der Waals surface area contributed by atoms with E-state index in [1.807, 2.05) is 52.0 Å². The number of fused-ring (bicyclic) bond motifs is 1. The van der Waals surface area contributed by atoms with Gasteiger partial charge in [0.05, 0.1) is 44.0 Å². The Hall–Kier alpha value is -4.33. The van der Waals surface area contributed by atoms with Crippen LogP contribution in [0.15, 0.2) is 58.4 Å². The van der Waals surface area contributed by atoms with Crippen LogP contribution in [-0.4, -0.2) is 42.8 Å².